The lowest BCUT2D eigenvalue weighted by atomic mass is 10.1. The summed E-state index contributed by atoms with van der Waals surface area (Å²) in [4.78, 5) is 14.7. The molecule has 1 amide bonds. The van der Waals surface area contributed by atoms with Crippen molar-refractivity contribution in [3.05, 3.63) is 72.6 Å². The molecule has 5 rings (SSSR count). The third kappa shape index (κ3) is 5.43. The third-order valence-corrected chi connectivity index (χ3v) is 7.07. The smallest absolute Gasteiger partial charge is 0.233 e. The van der Waals surface area contributed by atoms with E-state index < -0.39 is 0 Å². The first-order valence-electron chi connectivity index (χ1n) is 11.8. The van der Waals surface area contributed by atoms with E-state index in [4.69, 9.17) is 9.47 Å². The van der Waals surface area contributed by atoms with Crippen LogP contribution in [0.5, 0.6) is 11.5 Å². The fourth-order valence-corrected chi connectivity index (χ4v) is 5.12. The highest BCUT2D eigenvalue weighted by atomic mass is 32.2. The zero-order valence-corrected chi connectivity index (χ0v) is 20.5. The summed E-state index contributed by atoms with van der Waals surface area (Å²) in [5, 5.41) is 11.8. The van der Waals surface area contributed by atoms with Crippen LogP contribution in [-0.2, 0) is 11.4 Å². The van der Waals surface area contributed by atoms with Crippen molar-refractivity contribution in [2.75, 3.05) is 26.0 Å². The van der Waals surface area contributed by atoms with Gasteiger partial charge in [-0.3, -0.25) is 9.36 Å². The molecule has 0 spiro atoms. The van der Waals surface area contributed by atoms with Gasteiger partial charge in [-0.15, -0.1) is 10.2 Å². The molecule has 0 radical (unpaired) electrons. The molecule has 8 heteroatoms. The fourth-order valence-electron chi connectivity index (χ4n) is 4.24. The molecule has 1 aliphatic heterocycles. The molecule has 0 unspecified atom stereocenters. The van der Waals surface area contributed by atoms with E-state index in [9.17, 15) is 4.79 Å². The van der Waals surface area contributed by atoms with Gasteiger partial charge in [0.25, 0.3) is 0 Å². The van der Waals surface area contributed by atoms with E-state index in [0.717, 1.165) is 48.5 Å². The Labute approximate surface area is 209 Å². The zero-order chi connectivity index (χ0) is 24.0. The quantitative estimate of drug-likeness (QED) is 0.321. The molecule has 0 N–H and O–H groups in total. The third-order valence-electron chi connectivity index (χ3n) is 6.15. The predicted molar refractivity (Wildman–Crippen MR) is 137 cm³/mol. The maximum atomic E-state index is 12.7. The number of amides is 1. The van der Waals surface area contributed by atoms with Crippen molar-refractivity contribution in [3.63, 3.8) is 0 Å². The Kier molecular flexibility index (Phi) is 7.18. The molecule has 0 atom stereocenters. The van der Waals surface area contributed by atoms with E-state index in [1.54, 1.807) is 7.11 Å². The first kappa shape index (κ1) is 23.2. The van der Waals surface area contributed by atoms with Crippen LogP contribution >= 0.6 is 11.8 Å². The van der Waals surface area contributed by atoms with Crippen LogP contribution in [0, 0.1) is 0 Å². The summed E-state index contributed by atoms with van der Waals surface area (Å²) in [6.07, 6.45) is 3.35. The molecule has 7 nitrogen and oxygen atoms in total. The molecule has 1 aromatic heterocycles. The van der Waals surface area contributed by atoms with Crippen molar-refractivity contribution >= 4 is 28.4 Å². The number of hydrogen-bond donors (Lipinski definition) is 0. The lowest BCUT2D eigenvalue weighted by molar-refractivity contribution is -0.129. The molecule has 0 saturated carbocycles. The number of aromatic nitrogens is 3. The van der Waals surface area contributed by atoms with Crippen molar-refractivity contribution in [3.8, 4) is 17.2 Å². The largest absolute Gasteiger partial charge is 0.497 e. The molecule has 1 saturated heterocycles. The van der Waals surface area contributed by atoms with Crippen LogP contribution in [0.1, 0.15) is 25.1 Å². The number of methoxy groups -OCH3 is 1. The van der Waals surface area contributed by atoms with Gasteiger partial charge >= 0.3 is 0 Å². The number of piperidine rings is 1. The van der Waals surface area contributed by atoms with Gasteiger partial charge in [0.1, 0.15) is 18.1 Å². The van der Waals surface area contributed by atoms with Gasteiger partial charge in [0.2, 0.25) is 5.91 Å². The van der Waals surface area contributed by atoms with E-state index in [0.29, 0.717) is 16.7 Å². The highest BCUT2D eigenvalue weighted by Crippen LogP contribution is 2.26. The van der Waals surface area contributed by atoms with Crippen LogP contribution < -0.4 is 9.47 Å². The Morgan fingerprint density at radius 3 is 2.43 bits per heavy atom. The van der Waals surface area contributed by atoms with E-state index in [1.165, 1.54) is 23.6 Å². The SMILES string of the molecule is COc1ccc(-n2c(COc3ccc4ccccc4c3)nnc2SCC(=O)N2CCCCC2)cc1. The summed E-state index contributed by atoms with van der Waals surface area (Å²) >= 11 is 1.41. The minimum absolute atomic E-state index is 0.146. The molecule has 35 heavy (non-hydrogen) atoms. The summed E-state index contributed by atoms with van der Waals surface area (Å²) in [5.41, 5.74) is 0.890. The molecule has 3 aromatic carbocycles. The minimum atomic E-state index is 0.146. The molecule has 4 aromatic rings. The summed E-state index contributed by atoms with van der Waals surface area (Å²) in [5.74, 6) is 2.68. The number of ether oxygens (including phenoxy) is 2. The maximum absolute atomic E-state index is 12.7. The molecular weight excluding hydrogens is 460 g/mol. The Morgan fingerprint density at radius 2 is 1.66 bits per heavy atom. The van der Waals surface area contributed by atoms with Gasteiger partial charge in [-0.1, -0.05) is 42.1 Å². The molecular formula is C27H28N4O3S. The molecule has 180 valence electrons. The average Bonchev–Trinajstić information content (AvgIpc) is 3.33. The number of carbonyl (C=O) groups is 1. The first-order chi connectivity index (χ1) is 17.2. The maximum Gasteiger partial charge on any atom is 0.233 e. The second-order valence-electron chi connectivity index (χ2n) is 8.46. The van der Waals surface area contributed by atoms with Crippen molar-refractivity contribution < 1.29 is 14.3 Å². The summed E-state index contributed by atoms with van der Waals surface area (Å²) in [6.45, 7) is 1.93. The number of benzene rings is 3. The van der Waals surface area contributed by atoms with Gasteiger partial charge in [-0.05, 0) is 66.4 Å². The Hall–Kier alpha value is -3.52. The van der Waals surface area contributed by atoms with Crippen molar-refractivity contribution in [1.29, 1.82) is 0 Å². The average molecular weight is 489 g/mol. The van der Waals surface area contributed by atoms with E-state index in [2.05, 4.69) is 22.3 Å². The number of fused-ring (bicyclic) bond motifs is 1. The Bertz CT molecular complexity index is 1300. The van der Waals surface area contributed by atoms with Crippen molar-refractivity contribution in [2.45, 2.75) is 31.0 Å². The summed E-state index contributed by atoms with van der Waals surface area (Å²) in [7, 11) is 1.64. The van der Waals surface area contributed by atoms with Gasteiger partial charge in [0.05, 0.1) is 12.9 Å². The van der Waals surface area contributed by atoms with Gasteiger partial charge in [-0.25, -0.2) is 0 Å². The standard InChI is InChI=1S/C27H28N4O3S/c1-33-23-13-10-22(11-14-23)31-25(18-34-24-12-9-20-7-3-4-8-21(20)17-24)28-29-27(31)35-19-26(32)30-15-5-2-6-16-30/h3-4,7-14,17H,2,5-6,15-16,18-19H2,1H3. The number of likely N-dealkylation sites (tertiary alicyclic amines) is 1. The number of carbonyl (C=O) groups excluding carboxylic acids is 1. The Morgan fingerprint density at radius 1 is 0.914 bits per heavy atom. The fraction of sp³-hybridized carbons (Fsp3) is 0.296. The highest BCUT2D eigenvalue weighted by Gasteiger charge is 2.20. The molecule has 0 aliphatic carbocycles. The molecule has 1 fully saturated rings. The number of nitrogens with zero attached hydrogens (tertiary/aromatic N) is 4. The van der Waals surface area contributed by atoms with Gasteiger partial charge in [0.15, 0.2) is 11.0 Å². The van der Waals surface area contributed by atoms with E-state index in [1.807, 2.05) is 64.1 Å². The molecule has 0 bridgehead atoms. The predicted octanol–water partition coefficient (Wildman–Crippen LogP) is 5.11. The van der Waals surface area contributed by atoms with Gasteiger partial charge < -0.3 is 14.4 Å². The van der Waals surface area contributed by atoms with E-state index >= 15 is 0 Å². The van der Waals surface area contributed by atoms with Crippen LogP contribution in [0.2, 0.25) is 0 Å². The Balaban J connectivity index is 1.36. The number of rotatable bonds is 8. The number of thioether (sulfide) groups is 1. The summed E-state index contributed by atoms with van der Waals surface area (Å²) < 4.78 is 13.4. The normalized spacial score (nSPS) is 13.7. The minimum Gasteiger partial charge on any atom is -0.497 e. The van der Waals surface area contributed by atoms with Gasteiger partial charge in [0, 0.05) is 18.8 Å². The van der Waals surface area contributed by atoms with Crippen LogP contribution in [0.25, 0.3) is 16.5 Å². The second-order valence-corrected chi connectivity index (χ2v) is 9.40. The van der Waals surface area contributed by atoms with Crippen LogP contribution in [0.4, 0.5) is 0 Å². The monoisotopic (exact) mass is 488 g/mol. The van der Waals surface area contributed by atoms with E-state index in [-0.39, 0.29) is 12.5 Å². The molecule has 1 aliphatic rings. The first-order valence-corrected chi connectivity index (χ1v) is 12.8. The highest BCUT2D eigenvalue weighted by molar-refractivity contribution is 7.99. The topological polar surface area (TPSA) is 69.5 Å². The van der Waals surface area contributed by atoms with Crippen LogP contribution in [0.15, 0.2) is 71.9 Å². The molecule has 2 heterocycles. The number of hydrogen-bond acceptors (Lipinski definition) is 6. The summed E-state index contributed by atoms with van der Waals surface area (Å²) in [6, 6.07) is 21.9. The van der Waals surface area contributed by atoms with Crippen molar-refractivity contribution in [2.24, 2.45) is 0 Å². The lowest BCUT2D eigenvalue weighted by Crippen LogP contribution is -2.36. The van der Waals surface area contributed by atoms with Gasteiger partial charge in [-0.2, -0.15) is 0 Å². The van der Waals surface area contributed by atoms with Crippen LogP contribution in [-0.4, -0.2) is 51.5 Å². The second kappa shape index (κ2) is 10.8. The van der Waals surface area contributed by atoms with Crippen molar-refractivity contribution in [1.82, 2.24) is 19.7 Å². The zero-order valence-electron chi connectivity index (χ0n) is 19.7. The lowest BCUT2D eigenvalue weighted by Gasteiger charge is -2.26. The van der Waals surface area contributed by atoms with Crippen LogP contribution in [0.3, 0.4) is 0 Å².